The highest BCUT2D eigenvalue weighted by Gasteiger charge is 2.26. The van der Waals surface area contributed by atoms with E-state index in [-0.39, 0.29) is 12.3 Å². The number of hydrogen-bond acceptors (Lipinski definition) is 5. The number of carbonyl (C=O) groups is 2. The molecule has 138 valence electrons. The largest absolute Gasteiger partial charge is 0.496 e. The Morgan fingerprint density at radius 2 is 1.73 bits per heavy atom. The van der Waals surface area contributed by atoms with E-state index in [0.29, 0.717) is 5.75 Å². The first-order valence-electron chi connectivity index (χ1n) is 8.09. The van der Waals surface area contributed by atoms with Gasteiger partial charge in [0.05, 0.1) is 14.2 Å². The molecule has 0 aliphatic rings. The topological polar surface area (TPSA) is 55.8 Å². The van der Waals surface area contributed by atoms with Gasteiger partial charge >= 0.3 is 5.97 Å². The quantitative estimate of drug-likeness (QED) is 0.504. The van der Waals surface area contributed by atoms with Crippen molar-refractivity contribution in [2.45, 2.75) is 12.3 Å². The average molecular weight is 420 g/mol. The molecule has 0 aliphatic heterocycles. The van der Waals surface area contributed by atoms with E-state index in [1.807, 2.05) is 61.5 Å². The molecule has 0 bridgehead atoms. The van der Waals surface area contributed by atoms with Crippen molar-refractivity contribution in [3.8, 4) is 5.75 Å². The van der Waals surface area contributed by atoms with Crippen LogP contribution < -0.4 is 9.64 Å². The normalized spacial score (nSPS) is 11.6. The summed E-state index contributed by atoms with van der Waals surface area (Å²) in [6.07, 6.45) is 0.00593. The summed E-state index contributed by atoms with van der Waals surface area (Å²) < 4.78 is 11.1. The van der Waals surface area contributed by atoms with Crippen LogP contribution in [0.15, 0.2) is 46.9 Å². The molecule has 0 spiro atoms. The van der Waals surface area contributed by atoms with Gasteiger partial charge in [-0.2, -0.15) is 0 Å². The Bertz CT molecular complexity index is 787. The van der Waals surface area contributed by atoms with Crippen molar-refractivity contribution >= 4 is 33.4 Å². The van der Waals surface area contributed by atoms with E-state index in [4.69, 9.17) is 4.74 Å². The highest BCUT2D eigenvalue weighted by atomic mass is 79.9. The zero-order valence-electron chi connectivity index (χ0n) is 15.3. The van der Waals surface area contributed by atoms with Crippen LogP contribution in [-0.2, 0) is 14.3 Å². The van der Waals surface area contributed by atoms with Crippen molar-refractivity contribution in [1.29, 1.82) is 0 Å². The van der Waals surface area contributed by atoms with Gasteiger partial charge in [-0.25, -0.2) is 4.79 Å². The van der Waals surface area contributed by atoms with Crippen LogP contribution in [0.4, 0.5) is 5.69 Å². The second-order valence-electron chi connectivity index (χ2n) is 6.04. The third kappa shape index (κ3) is 4.64. The van der Waals surface area contributed by atoms with Gasteiger partial charge in [-0.1, -0.05) is 34.1 Å². The smallest absolute Gasteiger partial charge is 0.374 e. The molecule has 0 radical (unpaired) electrons. The average Bonchev–Trinajstić information content (AvgIpc) is 2.65. The lowest BCUT2D eigenvalue weighted by Gasteiger charge is -2.22. The number of esters is 1. The third-order valence-electron chi connectivity index (χ3n) is 4.18. The highest BCUT2D eigenvalue weighted by Crippen LogP contribution is 2.37. The van der Waals surface area contributed by atoms with Gasteiger partial charge in [0, 0.05) is 48.2 Å². The van der Waals surface area contributed by atoms with Gasteiger partial charge in [-0.3, -0.25) is 4.79 Å². The number of Topliss-reactive ketones (excluding diaryl/α,β-unsaturated/α-hetero) is 1. The van der Waals surface area contributed by atoms with Gasteiger partial charge in [-0.05, 0) is 23.8 Å². The highest BCUT2D eigenvalue weighted by molar-refractivity contribution is 9.10. The van der Waals surface area contributed by atoms with E-state index in [1.54, 1.807) is 7.11 Å². The van der Waals surface area contributed by atoms with Crippen LogP contribution in [0.5, 0.6) is 5.75 Å². The van der Waals surface area contributed by atoms with Gasteiger partial charge < -0.3 is 14.4 Å². The molecule has 0 aliphatic carbocycles. The SMILES string of the molecule is COC(=O)C(=O)C[C@H](c1ccc(Br)cc1)c1ccc(N(C)C)cc1OC. The van der Waals surface area contributed by atoms with Gasteiger partial charge in [-0.15, -0.1) is 0 Å². The number of methoxy groups -OCH3 is 2. The number of hydrogen-bond donors (Lipinski definition) is 0. The van der Waals surface area contributed by atoms with Crippen molar-refractivity contribution in [2.24, 2.45) is 0 Å². The standard InChI is InChI=1S/C20H22BrNO4/c1-22(2)15-9-10-16(19(11-15)25-3)17(12-18(23)20(24)26-4)13-5-7-14(21)8-6-13/h5-11,17H,12H2,1-4H3/t17-/m1/s1. The van der Waals surface area contributed by atoms with Crippen LogP contribution in [0.3, 0.4) is 0 Å². The van der Waals surface area contributed by atoms with Crippen molar-refractivity contribution in [2.75, 3.05) is 33.2 Å². The Kier molecular flexibility index (Phi) is 6.80. The number of benzene rings is 2. The first-order valence-corrected chi connectivity index (χ1v) is 8.88. The Hall–Kier alpha value is -2.34. The molecule has 5 nitrogen and oxygen atoms in total. The minimum atomic E-state index is -0.837. The number of anilines is 1. The number of nitrogens with zero attached hydrogens (tertiary/aromatic N) is 1. The molecule has 0 heterocycles. The summed E-state index contributed by atoms with van der Waals surface area (Å²) in [5.41, 5.74) is 2.75. The van der Waals surface area contributed by atoms with Crippen LogP contribution in [0.2, 0.25) is 0 Å². The van der Waals surface area contributed by atoms with Crippen LogP contribution >= 0.6 is 15.9 Å². The van der Waals surface area contributed by atoms with E-state index < -0.39 is 11.8 Å². The van der Waals surface area contributed by atoms with E-state index in [0.717, 1.165) is 21.3 Å². The molecule has 26 heavy (non-hydrogen) atoms. The predicted molar refractivity (Wildman–Crippen MR) is 105 cm³/mol. The van der Waals surface area contributed by atoms with Crippen molar-refractivity contribution in [3.05, 3.63) is 58.1 Å². The van der Waals surface area contributed by atoms with E-state index in [2.05, 4.69) is 20.7 Å². The second-order valence-corrected chi connectivity index (χ2v) is 6.96. The minimum Gasteiger partial charge on any atom is -0.496 e. The van der Waals surface area contributed by atoms with E-state index in [1.165, 1.54) is 7.11 Å². The fraction of sp³-hybridized carbons (Fsp3) is 0.300. The molecular formula is C20H22BrNO4. The van der Waals surface area contributed by atoms with Crippen molar-refractivity contribution < 1.29 is 19.1 Å². The zero-order chi connectivity index (χ0) is 19.3. The van der Waals surface area contributed by atoms with Gasteiger partial charge in [0.2, 0.25) is 5.78 Å². The van der Waals surface area contributed by atoms with Gasteiger partial charge in [0.25, 0.3) is 0 Å². The summed E-state index contributed by atoms with van der Waals surface area (Å²) in [5.74, 6) is -1.06. The number of carbonyl (C=O) groups excluding carboxylic acids is 2. The van der Waals surface area contributed by atoms with Crippen molar-refractivity contribution in [1.82, 2.24) is 0 Å². The molecule has 0 unspecified atom stereocenters. The molecule has 0 aromatic heterocycles. The number of ketones is 1. The maximum Gasteiger partial charge on any atom is 0.374 e. The van der Waals surface area contributed by atoms with Crippen LogP contribution in [0.25, 0.3) is 0 Å². The molecule has 2 rings (SSSR count). The lowest BCUT2D eigenvalue weighted by Crippen LogP contribution is -2.19. The first kappa shape index (κ1) is 20.0. The zero-order valence-corrected chi connectivity index (χ0v) is 16.9. The maximum absolute atomic E-state index is 12.2. The summed E-state index contributed by atoms with van der Waals surface area (Å²) in [5, 5.41) is 0. The fourth-order valence-electron chi connectivity index (χ4n) is 2.75. The molecule has 0 fully saturated rings. The monoisotopic (exact) mass is 419 g/mol. The first-order chi connectivity index (χ1) is 12.4. The minimum absolute atomic E-state index is 0.00593. The molecular weight excluding hydrogens is 398 g/mol. The van der Waals surface area contributed by atoms with Crippen LogP contribution in [0, 0.1) is 0 Å². The molecule has 6 heteroatoms. The lowest BCUT2D eigenvalue weighted by atomic mass is 9.86. The Labute approximate surface area is 162 Å². The summed E-state index contributed by atoms with van der Waals surface area (Å²) >= 11 is 3.42. The molecule has 0 saturated carbocycles. The van der Waals surface area contributed by atoms with E-state index >= 15 is 0 Å². The summed E-state index contributed by atoms with van der Waals surface area (Å²) in [4.78, 5) is 25.9. The van der Waals surface area contributed by atoms with Gasteiger partial charge in [0.1, 0.15) is 5.75 Å². The predicted octanol–water partition coefficient (Wildman–Crippen LogP) is 3.79. The van der Waals surface area contributed by atoms with Crippen molar-refractivity contribution in [3.63, 3.8) is 0 Å². The Balaban J connectivity index is 2.51. The summed E-state index contributed by atoms with van der Waals surface area (Å²) in [6.45, 7) is 0. The fourth-order valence-corrected chi connectivity index (χ4v) is 3.02. The number of rotatable bonds is 7. The molecule has 2 aromatic carbocycles. The molecule has 0 amide bonds. The van der Waals surface area contributed by atoms with Crippen LogP contribution in [-0.4, -0.2) is 40.1 Å². The number of ether oxygens (including phenoxy) is 2. The summed E-state index contributed by atoms with van der Waals surface area (Å²) in [7, 11) is 6.70. The molecule has 0 N–H and O–H groups in total. The number of halogens is 1. The second kappa shape index (κ2) is 8.85. The third-order valence-corrected chi connectivity index (χ3v) is 4.71. The Morgan fingerprint density at radius 3 is 2.27 bits per heavy atom. The lowest BCUT2D eigenvalue weighted by molar-refractivity contribution is -0.151. The van der Waals surface area contributed by atoms with Crippen LogP contribution in [0.1, 0.15) is 23.5 Å². The molecule has 0 saturated heterocycles. The molecule has 2 aromatic rings. The maximum atomic E-state index is 12.2. The van der Waals surface area contributed by atoms with E-state index in [9.17, 15) is 9.59 Å². The summed E-state index contributed by atoms with van der Waals surface area (Å²) in [6, 6.07) is 13.5. The van der Waals surface area contributed by atoms with Gasteiger partial charge in [0.15, 0.2) is 0 Å². The Morgan fingerprint density at radius 1 is 1.08 bits per heavy atom. The molecule has 1 atom stereocenters.